The molecule has 10 aromatic carbocycles. The zero-order valence-electron chi connectivity index (χ0n) is 76.4. The zero-order chi connectivity index (χ0) is 90.8. The topological polar surface area (TPSA) is 37.6 Å². The van der Waals surface area contributed by atoms with Crippen molar-refractivity contribution in [3.63, 3.8) is 0 Å². The van der Waals surface area contributed by atoms with Crippen molar-refractivity contribution < 1.29 is 77.0 Å². The first-order chi connectivity index (χ1) is 59.8. The van der Waals surface area contributed by atoms with Crippen molar-refractivity contribution in [3.05, 3.63) is 307 Å². The van der Waals surface area contributed by atoms with E-state index in [-0.39, 0.29) is 46.7 Å². The Labute approximate surface area is 769 Å². The molecule has 0 amide bonds. The summed E-state index contributed by atoms with van der Waals surface area (Å²) in [6, 6.07) is 60.5. The number of hydrogen-bond acceptors (Lipinski definition) is 3. The Bertz CT molecular complexity index is 5830. The normalized spacial score (nSPS) is 15.4. The summed E-state index contributed by atoms with van der Waals surface area (Å²) in [5.74, 6) is -19.2. The van der Waals surface area contributed by atoms with Gasteiger partial charge >= 0.3 is 18.9 Å². The standard InChI is InChI=1S/C42H42F5NOSi.C23H13F5N.C21H34OSi.C11H24Cl2OSi.C9H8.Li/c1-42(2,3)49-23-13-5-6-14-24-50(4,33-22-21-26-15-7-8-16-27(26)33)41-29-18-10-9-17-28(29)40-34(41)30-19-11-12-20-32(30)48(40)25-31-35(43)37(45)39(47)38(46)36(31)44;1-11-6-7-17-14(8-11)15-9-12-4-2-3-5-13(12)23(15)29(17)10-16-18(24)20(26)22(28)21(27)19(16)25;1-21(2,3)22-16-10-6-7-11-17-23(4,5)20-15-14-18-12-8-9-13-19(18)20;1-11(2,3)14-9-7-5-6-8-10-15(4,12)13;1-2-5-9-7-3-6-8(9)4-1;/h7-12,15-22,33,41H,5-6,13-14,23-25H2,1-4H3;2-9H,10H2,1H3;8-9,12-15,20H,6-7,10-11,16-17H2,1-5H3;5-10H2,1-4H3;1-6H,7H2;/q;-1;;;;+1. The van der Waals surface area contributed by atoms with Gasteiger partial charge in [0.15, 0.2) is 46.5 Å². The second-order valence-corrected chi connectivity index (χ2v) is 56.3. The third kappa shape index (κ3) is 24.1. The van der Waals surface area contributed by atoms with Gasteiger partial charge in [-0.25, -0.2) is 43.9 Å². The van der Waals surface area contributed by atoms with Crippen molar-refractivity contribution in [1.29, 1.82) is 0 Å². The van der Waals surface area contributed by atoms with Crippen LogP contribution in [0.15, 0.2) is 188 Å². The average Bonchev–Trinajstić information content (AvgIpc) is 1.53. The number of allylic oxidation sites excluding steroid dienone is 3. The number of aryl methyl sites for hydroxylation is 1. The van der Waals surface area contributed by atoms with E-state index >= 15 is 8.78 Å². The average molecular weight is 1820 g/mol. The summed E-state index contributed by atoms with van der Waals surface area (Å²) in [5, 5.41) is 4.46. The maximum Gasteiger partial charge on any atom is 1.00 e. The molecule has 2 aromatic heterocycles. The fourth-order valence-electron chi connectivity index (χ4n) is 18.5. The fourth-order valence-corrected chi connectivity index (χ4v) is 28.7. The predicted molar refractivity (Wildman–Crippen MR) is 512 cm³/mol. The van der Waals surface area contributed by atoms with Crippen LogP contribution in [0.4, 0.5) is 43.9 Å². The number of unbranched alkanes of at least 4 members (excludes halogenated alkanes) is 9. The first-order valence-electron chi connectivity index (χ1n) is 44.6. The molecule has 0 saturated carbocycles. The van der Waals surface area contributed by atoms with Crippen molar-refractivity contribution in [2.24, 2.45) is 0 Å². The fraction of sp³-hybridized carbons (Fsp3) is 0.387. The summed E-state index contributed by atoms with van der Waals surface area (Å²) >= 11 is 12.0. The summed E-state index contributed by atoms with van der Waals surface area (Å²) in [7, 11) is -3.67. The number of benzene rings is 9. The van der Waals surface area contributed by atoms with E-state index in [4.69, 9.17) is 36.4 Å². The van der Waals surface area contributed by atoms with Crippen LogP contribution in [0.3, 0.4) is 0 Å². The van der Waals surface area contributed by atoms with E-state index in [2.05, 4.69) is 197 Å². The maximum atomic E-state index is 15.2. The van der Waals surface area contributed by atoms with Crippen LogP contribution in [0, 0.1) is 65.1 Å². The molecule has 0 N–H and O–H groups in total. The van der Waals surface area contributed by atoms with Crippen molar-refractivity contribution >= 4 is 107 Å². The predicted octanol–water partition coefficient (Wildman–Crippen LogP) is 29.2. The molecular weight excluding hydrogens is 1700 g/mol. The SMILES string of the molecule is C1=Cc2ccccc2C1.CC(C)(C)OCCCCCC[Si](C)(C)C1C=Cc2ccccc21.CC(C)(C)OCCCCCC[Si](C)(C1C=Cc2ccccc21)C1c2ccccc2-c2c1c1ccccc1n2Cc1c(F)c(F)c(F)c(F)c1F.CC(C)(C)OCCCCCC[Si](C)(Cl)Cl.Cc1ccc2c(c1)c1[cH-]c3ccccc3c1n2Cc1c(F)c(F)c(F)c(F)c1F.[Li+]. The van der Waals surface area contributed by atoms with Crippen LogP contribution in [-0.2, 0) is 33.7 Å². The van der Waals surface area contributed by atoms with Crippen molar-refractivity contribution in [2.75, 3.05) is 19.8 Å². The van der Waals surface area contributed by atoms with Gasteiger partial charge in [0.2, 0.25) is 18.3 Å². The van der Waals surface area contributed by atoms with Crippen LogP contribution >= 0.6 is 22.2 Å². The number of nitrogens with zero attached hydrogens (tertiary/aromatic N) is 2. The molecule has 21 heteroatoms. The summed E-state index contributed by atoms with van der Waals surface area (Å²) in [6.07, 6.45) is 29.1. The first kappa shape index (κ1) is 99.7. The molecule has 4 atom stereocenters. The maximum absolute atomic E-state index is 15.2. The van der Waals surface area contributed by atoms with E-state index in [1.165, 1.54) is 77.9 Å². The van der Waals surface area contributed by atoms with E-state index in [9.17, 15) is 35.1 Å². The van der Waals surface area contributed by atoms with Gasteiger partial charge in [0.25, 0.3) is 0 Å². The van der Waals surface area contributed by atoms with Crippen LogP contribution in [0.1, 0.15) is 217 Å². The third-order valence-corrected chi connectivity index (χ3v) is 36.2. The number of hydrogen-bond donors (Lipinski definition) is 0. The number of para-hydroxylation sites is 1. The molecule has 670 valence electrons. The largest absolute Gasteiger partial charge is 1.00 e. The molecule has 12 aromatic rings. The summed E-state index contributed by atoms with van der Waals surface area (Å²) < 4.78 is 164. The van der Waals surface area contributed by atoms with Crippen LogP contribution in [0.5, 0.6) is 0 Å². The van der Waals surface area contributed by atoms with E-state index < -0.39 is 105 Å². The van der Waals surface area contributed by atoms with Gasteiger partial charge in [0.1, 0.15) is 0 Å². The molecule has 4 unspecified atom stereocenters. The van der Waals surface area contributed by atoms with Crippen LogP contribution < -0.4 is 18.9 Å². The van der Waals surface area contributed by atoms with Gasteiger partial charge in [0.05, 0.1) is 45.2 Å². The van der Waals surface area contributed by atoms with Crippen molar-refractivity contribution in [2.45, 2.75) is 244 Å². The van der Waals surface area contributed by atoms with Crippen LogP contribution in [0.25, 0.3) is 73.0 Å². The number of fused-ring (bicyclic) bond motifs is 13. The van der Waals surface area contributed by atoms with Gasteiger partial charge in [-0.05, 0) is 181 Å². The van der Waals surface area contributed by atoms with Gasteiger partial charge < -0.3 is 23.3 Å². The molecule has 4 aliphatic rings. The van der Waals surface area contributed by atoms with Crippen molar-refractivity contribution in [3.8, 4) is 11.3 Å². The summed E-state index contributed by atoms with van der Waals surface area (Å²) in [4.78, 5) is 0. The van der Waals surface area contributed by atoms with Gasteiger partial charge in [-0.2, -0.15) is 0 Å². The Morgan fingerprint density at radius 1 is 0.417 bits per heavy atom. The van der Waals surface area contributed by atoms with E-state index in [0.717, 1.165) is 126 Å². The molecule has 0 radical (unpaired) electrons. The van der Waals surface area contributed by atoms with Crippen LogP contribution in [0.2, 0.25) is 44.3 Å². The molecule has 4 aliphatic carbocycles. The molecule has 0 fully saturated rings. The molecule has 0 aliphatic heterocycles. The van der Waals surface area contributed by atoms with E-state index in [1.807, 2.05) is 98.4 Å². The number of aromatic nitrogens is 2. The van der Waals surface area contributed by atoms with Gasteiger partial charge in [-0.15, -0.1) is 39.7 Å². The monoisotopic (exact) mass is 1820 g/mol. The molecular formula is C106H121Cl2F10LiN2O3Si3. The zero-order valence-corrected chi connectivity index (χ0v) is 80.9. The summed E-state index contributed by atoms with van der Waals surface area (Å²) in [6.45, 7) is 30.1. The minimum absolute atomic E-state index is 0. The Morgan fingerprint density at radius 3 is 1.38 bits per heavy atom. The Morgan fingerprint density at radius 2 is 0.843 bits per heavy atom. The number of rotatable bonds is 28. The first-order valence-corrected chi connectivity index (χ1v) is 55.5. The number of halogens is 12. The van der Waals surface area contributed by atoms with Gasteiger partial charge in [-0.1, -0.05) is 293 Å². The van der Waals surface area contributed by atoms with Gasteiger partial charge in [0, 0.05) is 65.0 Å². The molecule has 5 nitrogen and oxygen atoms in total. The Balaban J connectivity index is 0.000000172. The van der Waals surface area contributed by atoms with Gasteiger partial charge in [-0.3, -0.25) is 0 Å². The Hall–Kier alpha value is -7.84. The Kier molecular flexibility index (Phi) is 33.8. The summed E-state index contributed by atoms with van der Waals surface area (Å²) in [5.41, 5.74) is 14.6. The molecule has 2 heterocycles. The minimum atomic E-state index is -2.43. The smallest absolute Gasteiger partial charge is 0.380 e. The molecule has 0 saturated heterocycles. The minimum Gasteiger partial charge on any atom is -0.380 e. The van der Waals surface area contributed by atoms with Crippen molar-refractivity contribution in [1.82, 2.24) is 9.13 Å². The molecule has 0 spiro atoms. The third-order valence-electron chi connectivity index (χ3n) is 24.8. The molecule has 16 rings (SSSR count). The molecule has 127 heavy (non-hydrogen) atoms. The van der Waals surface area contributed by atoms with E-state index in [1.54, 1.807) is 20.8 Å². The number of ether oxygens (including phenoxy) is 3. The van der Waals surface area contributed by atoms with Crippen LogP contribution in [-0.4, -0.2) is 68.6 Å². The van der Waals surface area contributed by atoms with E-state index in [0.29, 0.717) is 22.1 Å². The second kappa shape index (κ2) is 43.0. The quantitative estimate of drug-likeness (QED) is 0.00933. The molecule has 0 bridgehead atoms. The second-order valence-electron chi connectivity index (χ2n) is 38.3.